The molecule has 104 valence electrons. The zero-order valence-electron chi connectivity index (χ0n) is 9.78. The molecule has 10 heteroatoms. The molecule has 0 bridgehead atoms. The molecule has 0 aromatic carbocycles. The molecule has 1 amide bonds. The van der Waals surface area contributed by atoms with Crippen LogP contribution >= 0.6 is 0 Å². The molecule has 1 N–H and O–H groups in total. The molecule has 1 aliphatic rings. The number of aromatic nitrogens is 2. The molecular formula is C9H10FN3O5S. The van der Waals surface area contributed by atoms with Gasteiger partial charge in [-0.3, -0.25) is 14.4 Å². The number of anilines is 1. The Kier molecular flexibility index (Phi) is 3.04. The van der Waals surface area contributed by atoms with Gasteiger partial charge in [-0.2, -0.15) is 13.5 Å². The summed E-state index contributed by atoms with van der Waals surface area (Å²) >= 11 is 0. The Balaban J connectivity index is 2.41. The number of amides is 1. The van der Waals surface area contributed by atoms with Crippen LogP contribution in [0.25, 0.3) is 0 Å². The fraction of sp³-hybridized carbons (Fsp3) is 0.444. The number of hydrogen-bond donors (Lipinski definition) is 1. The highest BCUT2D eigenvalue weighted by Gasteiger charge is 2.41. The minimum absolute atomic E-state index is 0.0522. The number of carboxylic acid groups (broad SMARTS) is 1. The first-order chi connectivity index (χ1) is 8.71. The number of carbonyl (C=O) groups excluding carboxylic acids is 1. The normalized spacial score (nSPS) is 20.0. The maximum Gasteiger partial charge on any atom is 0.341 e. The monoisotopic (exact) mass is 291 g/mol. The smallest absolute Gasteiger partial charge is 0.341 e. The van der Waals surface area contributed by atoms with Gasteiger partial charge in [0.1, 0.15) is 16.6 Å². The van der Waals surface area contributed by atoms with E-state index >= 15 is 0 Å². The lowest BCUT2D eigenvalue weighted by Crippen LogP contribution is -2.30. The first-order valence-corrected chi connectivity index (χ1v) is 6.65. The first-order valence-electron chi connectivity index (χ1n) is 5.21. The van der Waals surface area contributed by atoms with Crippen molar-refractivity contribution in [1.29, 1.82) is 0 Å². The molecule has 2 rings (SSSR count). The molecule has 1 aromatic heterocycles. The molecule has 1 unspecified atom stereocenters. The van der Waals surface area contributed by atoms with E-state index in [-0.39, 0.29) is 11.4 Å². The van der Waals surface area contributed by atoms with Crippen LogP contribution in [0.2, 0.25) is 0 Å². The Morgan fingerprint density at radius 1 is 1.58 bits per heavy atom. The minimum atomic E-state index is -4.84. The van der Waals surface area contributed by atoms with E-state index < -0.39 is 40.3 Å². The van der Waals surface area contributed by atoms with E-state index in [1.165, 1.54) is 7.05 Å². The van der Waals surface area contributed by atoms with Gasteiger partial charge in [0.05, 0.1) is 6.20 Å². The zero-order chi connectivity index (χ0) is 14.4. The molecular weight excluding hydrogens is 281 g/mol. The molecule has 2 heterocycles. The maximum atomic E-state index is 12.9. The van der Waals surface area contributed by atoms with Crippen LogP contribution in [0.1, 0.15) is 16.8 Å². The van der Waals surface area contributed by atoms with E-state index in [9.17, 15) is 21.9 Å². The minimum Gasteiger partial charge on any atom is -0.477 e. The molecule has 0 spiro atoms. The van der Waals surface area contributed by atoms with Crippen LogP contribution in [0.4, 0.5) is 9.70 Å². The highest BCUT2D eigenvalue weighted by molar-refractivity contribution is 7.87. The number of halogens is 1. The number of aromatic carboxylic acids is 1. The van der Waals surface area contributed by atoms with Gasteiger partial charge in [0, 0.05) is 20.0 Å². The van der Waals surface area contributed by atoms with Crippen LogP contribution in [0, 0.1) is 0 Å². The van der Waals surface area contributed by atoms with Crippen molar-refractivity contribution in [1.82, 2.24) is 9.78 Å². The summed E-state index contributed by atoms with van der Waals surface area (Å²) in [4.78, 5) is 23.6. The second kappa shape index (κ2) is 4.30. The molecule has 8 nitrogen and oxygen atoms in total. The molecule has 19 heavy (non-hydrogen) atoms. The van der Waals surface area contributed by atoms with Gasteiger partial charge in [-0.1, -0.05) is 0 Å². The van der Waals surface area contributed by atoms with E-state index in [1.54, 1.807) is 0 Å². The van der Waals surface area contributed by atoms with Crippen LogP contribution in [0.5, 0.6) is 0 Å². The predicted octanol–water partition coefficient (Wildman–Crippen LogP) is -0.477. The Bertz CT molecular complexity index is 653. The molecule has 1 aliphatic heterocycles. The van der Waals surface area contributed by atoms with Crippen molar-refractivity contribution >= 4 is 27.9 Å². The molecule has 0 saturated carbocycles. The van der Waals surface area contributed by atoms with Crippen molar-refractivity contribution < 1.29 is 27.0 Å². The molecule has 0 radical (unpaired) electrons. The number of nitrogens with zero attached hydrogens (tertiary/aromatic N) is 3. The van der Waals surface area contributed by atoms with Crippen LogP contribution < -0.4 is 4.90 Å². The largest absolute Gasteiger partial charge is 0.477 e. The average Bonchev–Trinajstić information content (AvgIpc) is 2.80. The molecule has 1 fully saturated rings. The Labute approximate surface area is 107 Å². The fourth-order valence-corrected chi connectivity index (χ4v) is 2.64. The summed E-state index contributed by atoms with van der Waals surface area (Å²) in [5.74, 6) is -2.01. The highest BCUT2D eigenvalue weighted by atomic mass is 32.3. The number of carbonyl (C=O) groups is 2. The van der Waals surface area contributed by atoms with Crippen LogP contribution in [0.15, 0.2) is 6.20 Å². The van der Waals surface area contributed by atoms with Gasteiger partial charge in [0.25, 0.3) is 0 Å². The van der Waals surface area contributed by atoms with Gasteiger partial charge in [0.15, 0.2) is 0 Å². The number of rotatable bonds is 3. The highest BCUT2D eigenvalue weighted by Crippen LogP contribution is 2.28. The first kappa shape index (κ1) is 13.5. The lowest BCUT2D eigenvalue weighted by Gasteiger charge is -2.16. The van der Waals surface area contributed by atoms with E-state index in [1.807, 2.05) is 0 Å². The van der Waals surface area contributed by atoms with Gasteiger partial charge in [-0.25, -0.2) is 4.79 Å². The fourth-order valence-electron chi connectivity index (χ4n) is 1.97. The van der Waals surface area contributed by atoms with E-state index in [0.717, 1.165) is 15.8 Å². The van der Waals surface area contributed by atoms with E-state index in [0.29, 0.717) is 0 Å². The van der Waals surface area contributed by atoms with Crippen molar-refractivity contribution in [3.8, 4) is 0 Å². The number of aryl methyl sites for hydroxylation is 1. The third kappa shape index (κ3) is 2.30. The SMILES string of the molecule is Cn1ncc(C(=O)O)c1N1CC(S(=O)(=O)F)CC1=O. The Morgan fingerprint density at radius 2 is 2.21 bits per heavy atom. The second-order valence-corrected chi connectivity index (χ2v) is 5.73. The summed E-state index contributed by atoms with van der Waals surface area (Å²) in [6.45, 7) is -0.419. The van der Waals surface area contributed by atoms with Crippen molar-refractivity contribution in [3.05, 3.63) is 11.8 Å². The lowest BCUT2D eigenvalue weighted by molar-refractivity contribution is -0.117. The quantitative estimate of drug-likeness (QED) is 0.753. The summed E-state index contributed by atoms with van der Waals surface area (Å²) < 4.78 is 35.7. The summed E-state index contributed by atoms with van der Waals surface area (Å²) in [6.07, 6.45) is 0.533. The van der Waals surface area contributed by atoms with Crippen molar-refractivity contribution in [2.75, 3.05) is 11.4 Å². The Morgan fingerprint density at radius 3 is 2.68 bits per heavy atom. The molecule has 1 aromatic rings. The zero-order valence-corrected chi connectivity index (χ0v) is 10.6. The molecule has 0 aliphatic carbocycles. The van der Waals surface area contributed by atoms with Gasteiger partial charge in [-0.15, -0.1) is 3.89 Å². The molecule has 1 saturated heterocycles. The van der Waals surface area contributed by atoms with E-state index in [4.69, 9.17) is 5.11 Å². The number of carboxylic acids is 1. The van der Waals surface area contributed by atoms with Crippen molar-refractivity contribution in [2.24, 2.45) is 7.05 Å². The van der Waals surface area contributed by atoms with Crippen LogP contribution in [-0.4, -0.2) is 47.0 Å². The van der Waals surface area contributed by atoms with Crippen molar-refractivity contribution in [2.45, 2.75) is 11.7 Å². The maximum absolute atomic E-state index is 12.9. The summed E-state index contributed by atoms with van der Waals surface area (Å²) in [5.41, 5.74) is -0.243. The van der Waals surface area contributed by atoms with Gasteiger partial charge in [-0.05, 0) is 0 Å². The third-order valence-corrected chi connectivity index (χ3v) is 3.99. The topological polar surface area (TPSA) is 110 Å². The van der Waals surface area contributed by atoms with Crippen molar-refractivity contribution in [3.63, 3.8) is 0 Å². The average molecular weight is 291 g/mol. The predicted molar refractivity (Wildman–Crippen MR) is 61.0 cm³/mol. The lowest BCUT2D eigenvalue weighted by atomic mass is 10.3. The van der Waals surface area contributed by atoms with E-state index in [2.05, 4.69) is 5.10 Å². The van der Waals surface area contributed by atoms with Crippen LogP contribution in [0.3, 0.4) is 0 Å². The summed E-state index contributed by atoms with van der Waals surface area (Å²) in [7, 11) is -3.44. The molecule has 1 atom stereocenters. The van der Waals surface area contributed by atoms with Gasteiger partial charge >= 0.3 is 16.2 Å². The van der Waals surface area contributed by atoms with Crippen LogP contribution in [-0.2, 0) is 22.1 Å². The summed E-state index contributed by atoms with van der Waals surface area (Å²) in [5, 5.41) is 11.2. The summed E-state index contributed by atoms with van der Waals surface area (Å²) in [6, 6.07) is 0. The Hall–Kier alpha value is -1.97. The standard InChI is InChI=1S/C9H10FN3O5S/c1-12-8(6(3-11-12)9(15)16)13-4-5(2-7(13)14)19(10,17)18/h3,5H,2,4H2,1H3,(H,15,16). The second-order valence-electron chi connectivity index (χ2n) is 4.12. The van der Waals surface area contributed by atoms with Gasteiger partial charge < -0.3 is 5.11 Å². The van der Waals surface area contributed by atoms with Gasteiger partial charge in [0.2, 0.25) is 5.91 Å². The third-order valence-electron chi connectivity index (χ3n) is 2.88. The number of hydrogen-bond acceptors (Lipinski definition) is 5.